The van der Waals surface area contributed by atoms with E-state index in [1.165, 1.54) is 55.0 Å². The summed E-state index contributed by atoms with van der Waals surface area (Å²) in [6, 6.07) is 11.5. The molecule has 0 amide bonds. The van der Waals surface area contributed by atoms with Gasteiger partial charge >= 0.3 is 0 Å². The summed E-state index contributed by atoms with van der Waals surface area (Å²) >= 11 is 0. The summed E-state index contributed by atoms with van der Waals surface area (Å²) in [5, 5.41) is 0. The first-order chi connectivity index (χ1) is 13.8. The van der Waals surface area contributed by atoms with E-state index < -0.39 is 0 Å². The number of hydrogen-bond acceptors (Lipinski definition) is 5. The van der Waals surface area contributed by atoms with E-state index in [9.17, 15) is 0 Å². The van der Waals surface area contributed by atoms with Gasteiger partial charge in [-0.05, 0) is 38.3 Å². The van der Waals surface area contributed by atoms with Gasteiger partial charge in [-0.15, -0.1) is 0 Å². The number of piperazine rings is 1. The third-order valence-corrected chi connectivity index (χ3v) is 6.62. The number of hydrogen-bond donors (Lipinski definition) is 0. The Morgan fingerprint density at radius 3 is 2.79 bits per heavy atom. The average molecular weight is 378 g/mol. The van der Waals surface area contributed by atoms with Crippen LogP contribution in [0.15, 0.2) is 30.3 Å². The Morgan fingerprint density at radius 1 is 1.00 bits per heavy atom. The number of aromatic nitrogens is 2. The Bertz CT molecular complexity index is 821. The van der Waals surface area contributed by atoms with Crippen molar-refractivity contribution in [2.45, 2.75) is 51.7 Å². The van der Waals surface area contributed by atoms with Gasteiger partial charge in [0.2, 0.25) is 0 Å². The summed E-state index contributed by atoms with van der Waals surface area (Å²) in [6.07, 6.45) is 5.15. The topological polar surface area (TPSA) is 35.5 Å². The van der Waals surface area contributed by atoms with Gasteiger partial charge in [-0.25, -0.2) is 9.97 Å². The molecule has 0 N–H and O–H groups in total. The number of nitrogens with zero attached hydrogens (tertiary/aromatic N) is 5. The van der Waals surface area contributed by atoms with Crippen LogP contribution in [-0.4, -0.2) is 58.5 Å². The van der Waals surface area contributed by atoms with Crippen molar-refractivity contribution in [2.24, 2.45) is 0 Å². The SMILES string of the molecule is Cc1nc2c(c(N3CCN4CCCC[C@@H]4C3)n1)CCN(Cc1ccccc1)C2. The Balaban J connectivity index is 1.35. The van der Waals surface area contributed by atoms with Crippen LogP contribution in [0.4, 0.5) is 5.82 Å². The smallest absolute Gasteiger partial charge is 0.135 e. The van der Waals surface area contributed by atoms with Crippen LogP contribution in [0.5, 0.6) is 0 Å². The zero-order valence-corrected chi connectivity index (χ0v) is 17.0. The van der Waals surface area contributed by atoms with Gasteiger partial charge in [-0.2, -0.15) is 0 Å². The van der Waals surface area contributed by atoms with Crippen LogP contribution in [0.2, 0.25) is 0 Å². The second-order valence-corrected chi connectivity index (χ2v) is 8.60. The largest absolute Gasteiger partial charge is 0.353 e. The highest BCUT2D eigenvalue weighted by Gasteiger charge is 2.32. The van der Waals surface area contributed by atoms with E-state index in [-0.39, 0.29) is 0 Å². The van der Waals surface area contributed by atoms with Gasteiger partial charge in [-0.3, -0.25) is 9.80 Å². The summed E-state index contributed by atoms with van der Waals surface area (Å²) < 4.78 is 0. The minimum Gasteiger partial charge on any atom is -0.353 e. The van der Waals surface area contributed by atoms with Crippen LogP contribution in [0, 0.1) is 6.92 Å². The lowest BCUT2D eigenvalue weighted by molar-refractivity contribution is 0.133. The molecule has 1 atom stereocenters. The molecule has 1 aromatic heterocycles. The highest BCUT2D eigenvalue weighted by molar-refractivity contribution is 5.51. The number of piperidine rings is 1. The fourth-order valence-corrected chi connectivity index (χ4v) is 5.17. The van der Waals surface area contributed by atoms with Gasteiger partial charge in [0, 0.05) is 50.9 Å². The van der Waals surface area contributed by atoms with E-state index in [0.717, 1.165) is 45.0 Å². The van der Waals surface area contributed by atoms with Crippen molar-refractivity contribution in [1.29, 1.82) is 0 Å². The molecular weight excluding hydrogens is 346 g/mol. The van der Waals surface area contributed by atoms with Crippen molar-refractivity contribution >= 4 is 5.82 Å². The van der Waals surface area contributed by atoms with Gasteiger partial charge in [0.1, 0.15) is 11.6 Å². The van der Waals surface area contributed by atoms with E-state index in [0.29, 0.717) is 6.04 Å². The Labute approximate surface area is 168 Å². The summed E-state index contributed by atoms with van der Waals surface area (Å²) in [7, 11) is 0. The van der Waals surface area contributed by atoms with Crippen molar-refractivity contribution in [2.75, 3.05) is 37.6 Å². The molecule has 3 aliphatic heterocycles. The van der Waals surface area contributed by atoms with Crippen molar-refractivity contribution in [3.05, 3.63) is 53.0 Å². The first kappa shape index (κ1) is 18.1. The zero-order valence-electron chi connectivity index (χ0n) is 17.0. The molecule has 5 rings (SSSR count). The van der Waals surface area contributed by atoms with E-state index in [2.05, 4.69) is 52.0 Å². The number of benzene rings is 1. The molecule has 0 saturated carbocycles. The first-order valence-electron chi connectivity index (χ1n) is 10.9. The maximum absolute atomic E-state index is 4.93. The average Bonchev–Trinajstić information content (AvgIpc) is 2.73. The number of fused-ring (bicyclic) bond motifs is 2. The predicted octanol–water partition coefficient (Wildman–Crippen LogP) is 3.02. The number of aryl methyl sites for hydroxylation is 1. The molecule has 1 aromatic carbocycles. The molecule has 0 bridgehead atoms. The van der Waals surface area contributed by atoms with Gasteiger partial charge in [-0.1, -0.05) is 36.8 Å². The molecule has 0 radical (unpaired) electrons. The van der Waals surface area contributed by atoms with Gasteiger partial charge < -0.3 is 4.90 Å². The molecule has 28 heavy (non-hydrogen) atoms. The molecule has 0 unspecified atom stereocenters. The normalized spacial score (nSPS) is 23.3. The second kappa shape index (κ2) is 7.80. The molecule has 148 valence electrons. The van der Waals surface area contributed by atoms with Crippen molar-refractivity contribution in [1.82, 2.24) is 19.8 Å². The Morgan fingerprint density at radius 2 is 1.89 bits per heavy atom. The van der Waals surface area contributed by atoms with Crippen LogP contribution >= 0.6 is 0 Å². The quantitative estimate of drug-likeness (QED) is 0.822. The van der Waals surface area contributed by atoms with Crippen molar-refractivity contribution in [3.63, 3.8) is 0 Å². The van der Waals surface area contributed by atoms with Crippen LogP contribution in [0.1, 0.15) is 41.9 Å². The van der Waals surface area contributed by atoms with Gasteiger partial charge in [0.25, 0.3) is 0 Å². The highest BCUT2D eigenvalue weighted by Crippen LogP contribution is 2.30. The Hall–Kier alpha value is -1.98. The minimum absolute atomic E-state index is 0.714. The maximum Gasteiger partial charge on any atom is 0.135 e. The monoisotopic (exact) mass is 377 g/mol. The molecular formula is C23H31N5. The fourth-order valence-electron chi connectivity index (χ4n) is 5.17. The van der Waals surface area contributed by atoms with Gasteiger partial charge in [0.15, 0.2) is 0 Å². The lowest BCUT2D eigenvalue weighted by atomic mass is 9.98. The van der Waals surface area contributed by atoms with E-state index in [1.807, 2.05) is 0 Å². The molecule has 2 saturated heterocycles. The molecule has 4 heterocycles. The molecule has 0 aliphatic carbocycles. The maximum atomic E-state index is 4.93. The lowest BCUT2D eigenvalue weighted by Crippen LogP contribution is -2.55. The van der Waals surface area contributed by atoms with Crippen LogP contribution in [0.3, 0.4) is 0 Å². The highest BCUT2D eigenvalue weighted by atomic mass is 15.3. The van der Waals surface area contributed by atoms with Crippen LogP contribution in [0.25, 0.3) is 0 Å². The molecule has 5 nitrogen and oxygen atoms in total. The summed E-state index contributed by atoms with van der Waals surface area (Å²) in [4.78, 5) is 17.6. The minimum atomic E-state index is 0.714. The number of anilines is 1. The van der Waals surface area contributed by atoms with E-state index in [4.69, 9.17) is 9.97 Å². The van der Waals surface area contributed by atoms with Crippen molar-refractivity contribution < 1.29 is 0 Å². The van der Waals surface area contributed by atoms with Crippen LogP contribution < -0.4 is 4.90 Å². The van der Waals surface area contributed by atoms with Gasteiger partial charge in [0.05, 0.1) is 5.69 Å². The third kappa shape index (κ3) is 3.65. The second-order valence-electron chi connectivity index (χ2n) is 8.60. The Kier molecular flexibility index (Phi) is 5.03. The molecule has 5 heteroatoms. The first-order valence-corrected chi connectivity index (χ1v) is 10.9. The predicted molar refractivity (Wildman–Crippen MR) is 112 cm³/mol. The molecule has 0 spiro atoms. The molecule has 2 fully saturated rings. The standard InChI is InChI=1S/C23H31N5/c1-18-24-22-17-26(15-19-7-3-2-4-8-19)12-10-21(22)23(25-18)28-14-13-27-11-6-5-9-20(27)16-28/h2-4,7-8,20H,5-6,9-17H2,1H3/t20-/m1/s1. The van der Waals surface area contributed by atoms with Crippen LogP contribution in [-0.2, 0) is 19.5 Å². The molecule has 2 aromatic rings. The van der Waals surface area contributed by atoms with Crippen molar-refractivity contribution in [3.8, 4) is 0 Å². The van der Waals surface area contributed by atoms with E-state index in [1.54, 1.807) is 0 Å². The van der Waals surface area contributed by atoms with E-state index >= 15 is 0 Å². The summed E-state index contributed by atoms with van der Waals surface area (Å²) in [5.74, 6) is 2.15. The third-order valence-electron chi connectivity index (χ3n) is 6.62. The zero-order chi connectivity index (χ0) is 18.9. The summed E-state index contributed by atoms with van der Waals surface area (Å²) in [6.45, 7) is 9.78. The fraction of sp³-hybridized carbons (Fsp3) is 0.565. The summed E-state index contributed by atoms with van der Waals surface area (Å²) in [5.41, 5.74) is 4.03. The lowest BCUT2D eigenvalue weighted by Gasteiger charge is -2.45. The number of rotatable bonds is 3. The molecule has 3 aliphatic rings.